The first-order valence-corrected chi connectivity index (χ1v) is 6.67. The molecule has 4 nitrogen and oxygen atoms in total. The van der Waals surface area contributed by atoms with Gasteiger partial charge in [0, 0.05) is 37.5 Å². The Morgan fingerprint density at radius 1 is 1.15 bits per heavy atom. The molecule has 2 rings (SSSR count). The quantitative estimate of drug-likeness (QED) is 0.875. The summed E-state index contributed by atoms with van der Waals surface area (Å²) in [7, 11) is 5.69. The molecule has 0 aliphatic heterocycles. The number of anilines is 1. The Kier molecular flexibility index (Phi) is 4.96. The van der Waals surface area contributed by atoms with Crippen molar-refractivity contribution in [2.24, 2.45) is 0 Å². The van der Waals surface area contributed by atoms with E-state index < -0.39 is 0 Å². The van der Waals surface area contributed by atoms with E-state index in [0.717, 1.165) is 30.2 Å². The molecule has 0 fully saturated rings. The number of hydrogen-bond donors (Lipinski definition) is 1. The highest BCUT2D eigenvalue weighted by Crippen LogP contribution is 2.22. The minimum Gasteiger partial charge on any atom is -0.496 e. The number of benzene rings is 1. The Morgan fingerprint density at radius 2 is 1.90 bits per heavy atom. The predicted octanol–water partition coefficient (Wildman–Crippen LogP) is 2.45. The van der Waals surface area contributed by atoms with E-state index in [1.54, 1.807) is 7.11 Å². The fraction of sp³-hybridized carbons (Fsp3) is 0.312. The first-order chi connectivity index (χ1) is 9.76. The summed E-state index contributed by atoms with van der Waals surface area (Å²) in [6.45, 7) is 1.57. The lowest BCUT2D eigenvalue weighted by molar-refractivity contribution is 0.409. The third kappa shape index (κ3) is 3.27. The van der Waals surface area contributed by atoms with Crippen LogP contribution in [0.3, 0.4) is 0 Å². The van der Waals surface area contributed by atoms with Crippen LogP contribution in [0.1, 0.15) is 11.1 Å². The summed E-state index contributed by atoms with van der Waals surface area (Å²) in [5, 5.41) is 3.17. The number of ether oxygens (including phenoxy) is 1. The minimum absolute atomic E-state index is 0.762. The van der Waals surface area contributed by atoms with Gasteiger partial charge in [-0.2, -0.15) is 0 Å². The van der Waals surface area contributed by atoms with Crippen LogP contribution in [0.4, 0.5) is 5.82 Å². The Morgan fingerprint density at radius 3 is 2.65 bits per heavy atom. The molecule has 4 heteroatoms. The molecule has 0 saturated heterocycles. The van der Waals surface area contributed by atoms with Crippen molar-refractivity contribution >= 4 is 5.82 Å². The van der Waals surface area contributed by atoms with E-state index in [1.807, 2.05) is 44.6 Å². The average Bonchev–Trinajstić information content (AvgIpc) is 2.48. The summed E-state index contributed by atoms with van der Waals surface area (Å²) >= 11 is 0. The zero-order valence-corrected chi connectivity index (χ0v) is 12.3. The highest BCUT2D eigenvalue weighted by Gasteiger charge is 2.10. The maximum Gasteiger partial charge on any atom is 0.133 e. The maximum absolute atomic E-state index is 5.40. The van der Waals surface area contributed by atoms with Crippen LogP contribution >= 0.6 is 0 Å². The van der Waals surface area contributed by atoms with Crippen molar-refractivity contribution < 1.29 is 4.74 Å². The van der Waals surface area contributed by atoms with Gasteiger partial charge in [-0.15, -0.1) is 0 Å². The molecule has 0 aliphatic carbocycles. The van der Waals surface area contributed by atoms with Gasteiger partial charge in [0.25, 0.3) is 0 Å². The van der Waals surface area contributed by atoms with Gasteiger partial charge in [-0.05, 0) is 19.2 Å². The summed E-state index contributed by atoms with van der Waals surface area (Å²) < 4.78 is 5.40. The largest absolute Gasteiger partial charge is 0.496 e. The van der Waals surface area contributed by atoms with Gasteiger partial charge in [-0.3, -0.25) is 0 Å². The molecule has 0 radical (unpaired) electrons. The van der Waals surface area contributed by atoms with Crippen molar-refractivity contribution in [2.45, 2.75) is 13.1 Å². The van der Waals surface area contributed by atoms with E-state index in [-0.39, 0.29) is 0 Å². The third-order valence-corrected chi connectivity index (χ3v) is 3.20. The number of nitrogens with zero attached hydrogens (tertiary/aromatic N) is 2. The minimum atomic E-state index is 0.762. The summed E-state index contributed by atoms with van der Waals surface area (Å²) in [5.74, 6) is 1.90. The second-order valence-electron chi connectivity index (χ2n) is 4.68. The first-order valence-electron chi connectivity index (χ1n) is 6.67. The lowest BCUT2D eigenvalue weighted by Gasteiger charge is -2.22. The molecule has 0 aliphatic rings. The Bertz CT molecular complexity index is 557. The van der Waals surface area contributed by atoms with Crippen LogP contribution in [0.15, 0.2) is 42.6 Å². The van der Waals surface area contributed by atoms with Gasteiger partial charge in [0.2, 0.25) is 0 Å². The smallest absolute Gasteiger partial charge is 0.133 e. The number of nitrogens with one attached hydrogen (secondary N) is 1. The molecule has 1 aromatic heterocycles. The van der Waals surface area contributed by atoms with Crippen LogP contribution in [0.5, 0.6) is 5.75 Å². The fourth-order valence-electron chi connectivity index (χ4n) is 2.27. The van der Waals surface area contributed by atoms with Crippen molar-refractivity contribution in [1.82, 2.24) is 10.3 Å². The molecule has 1 aromatic carbocycles. The van der Waals surface area contributed by atoms with E-state index in [2.05, 4.69) is 27.3 Å². The Labute approximate surface area is 120 Å². The van der Waals surface area contributed by atoms with E-state index in [1.165, 1.54) is 5.56 Å². The van der Waals surface area contributed by atoms with Crippen molar-refractivity contribution in [3.05, 3.63) is 53.7 Å². The molecule has 20 heavy (non-hydrogen) atoms. The van der Waals surface area contributed by atoms with Crippen molar-refractivity contribution in [1.29, 1.82) is 0 Å². The number of pyridine rings is 1. The molecule has 2 aromatic rings. The zero-order valence-electron chi connectivity index (χ0n) is 12.3. The van der Waals surface area contributed by atoms with E-state index >= 15 is 0 Å². The van der Waals surface area contributed by atoms with Crippen molar-refractivity contribution in [2.75, 3.05) is 26.1 Å². The Balaban J connectivity index is 2.21. The maximum atomic E-state index is 5.40. The van der Waals surface area contributed by atoms with Crippen molar-refractivity contribution in [3.63, 3.8) is 0 Å². The van der Waals surface area contributed by atoms with Gasteiger partial charge in [0.1, 0.15) is 11.6 Å². The molecule has 0 amide bonds. The molecule has 0 atom stereocenters. The zero-order chi connectivity index (χ0) is 14.4. The molecule has 0 unspecified atom stereocenters. The summed E-state index contributed by atoms with van der Waals surface area (Å²) in [6, 6.07) is 12.1. The standard InChI is InChI=1S/C16H21N3O/c1-17-11-13-8-6-10-18-16(13)19(2)12-14-7-4-5-9-15(14)20-3/h4-10,17H,11-12H2,1-3H3. The number of aromatic nitrogens is 1. The number of methoxy groups -OCH3 is 1. The average molecular weight is 271 g/mol. The van der Waals surface area contributed by atoms with E-state index in [4.69, 9.17) is 4.74 Å². The highest BCUT2D eigenvalue weighted by molar-refractivity contribution is 5.47. The third-order valence-electron chi connectivity index (χ3n) is 3.20. The normalized spacial score (nSPS) is 10.3. The molecular weight excluding hydrogens is 250 g/mol. The van der Waals surface area contributed by atoms with Crippen LogP contribution < -0.4 is 15.0 Å². The lowest BCUT2D eigenvalue weighted by Crippen LogP contribution is -2.21. The summed E-state index contributed by atoms with van der Waals surface area (Å²) in [4.78, 5) is 6.64. The number of hydrogen-bond acceptors (Lipinski definition) is 4. The second kappa shape index (κ2) is 6.91. The summed E-state index contributed by atoms with van der Waals surface area (Å²) in [6.07, 6.45) is 1.83. The van der Waals surface area contributed by atoms with Gasteiger partial charge in [0.15, 0.2) is 0 Å². The van der Waals surface area contributed by atoms with E-state index in [0.29, 0.717) is 0 Å². The van der Waals surface area contributed by atoms with Crippen LogP contribution in [0.2, 0.25) is 0 Å². The van der Waals surface area contributed by atoms with Gasteiger partial charge in [0.05, 0.1) is 7.11 Å². The Hall–Kier alpha value is -2.07. The van der Waals surface area contributed by atoms with Crippen LogP contribution in [0, 0.1) is 0 Å². The van der Waals surface area contributed by atoms with E-state index in [9.17, 15) is 0 Å². The molecule has 1 N–H and O–H groups in total. The molecule has 0 saturated carbocycles. The van der Waals surface area contributed by atoms with Gasteiger partial charge >= 0.3 is 0 Å². The second-order valence-corrected chi connectivity index (χ2v) is 4.68. The monoisotopic (exact) mass is 271 g/mol. The van der Waals surface area contributed by atoms with Crippen molar-refractivity contribution in [3.8, 4) is 5.75 Å². The summed E-state index contributed by atoms with van der Waals surface area (Å²) in [5.41, 5.74) is 2.34. The van der Waals surface area contributed by atoms with Crippen LogP contribution in [-0.4, -0.2) is 26.2 Å². The molecule has 0 bridgehead atoms. The SMILES string of the molecule is CNCc1cccnc1N(C)Cc1ccccc1OC. The molecule has 106 valence electrons. The number of para-hydroxylation sites is 1. The van der Waals surface area contributed by atoms with Gasteiger partial charge in [-0.1, -0.05) is 24.3 Å². The van der Waals surface area contributed by atoms with Crippen LogP contribution in [0.25, 0.3) is 0 Å². The van der Waals surface area contributed by atoms with Gasteiger partial charge in [-0.25, -0.2) is 4.98 Å². The predicted molar refractivity (Wildman–Crippen MR) is 82.1 cm³/mol. The molecular formula is C16H21N3O. The highest BCUT2D eigenvalue weighted by atomic mass is 16.5. The first kappa shape index (κ1) is 14.3. The van der Waals surface area contributed by atoms with Crippen LogP contribution in [-0.2, 0) is 13.1 Å². The fourth-order valence-corrected chi connectivity index (χ4v) is 2.27. The number of rotatable bonds is 6. The topological polar surface area (TPSA) is 37.4 Å². The molecule has 0 spiro atoms. The lowest BCUT2D eigenvalue weighted by atomic mass is 10.1. The molecule has 1 heterocycles. The van der Waals surface area contributed by atoms with Gasteiger partial charge < -0.3 is 15.0 Å².